The average Bonchev–Trinajstić information content (AvgIpc) is 3.48. The highest BCUT2D eigenvalue weighted by atomic mass is 15.2. The second kappa shape index (κ2) is 8.13. The molecule has 0 saturated heterocycles. The minimum atomic E-state index is 0.628. The monoisotopic (exact) mass is 447 g/mol. The number of pyridine rings is 4. The van der Waals surface area contributed by atoms with Crippen LogP contribution in [0.15, 0.2) is 67.4 Å². The first-order valence-electron chi connectivity index (χ1n) is 10.9. The largest absolute Gasteiger partial charge is 0.336 e. The molecule has 2 N–H and O–H groups in total. The summed E-state index contributed by atoms with van der Waals surface area (Å²) in [7, 11) is 4.08. The van der Waals surface area contributed by atoms with Gasteiger partial charge in [-0.1, -0.05) is 0 Å². The van der Waals surface area contributed by atoms with E-state index in [9.17, 15) is 0 Å². The summed E-state index contributed by atoms with van der Waals surface area (Å²) in [5.74, 6) is 0.628. The molecule has 6 heterocycles. The first-order valence-corrected chi connectivity index (χ1v) is 10.9. The lowest BCUT2D eigenvalue weighted by molar-refractivity contribution is 0.402. The third-order valence-electron chi connectivity index (χ3n) is 5.56. The van der Waals surface area contributed by atoms with E-state index >= 15 is 0 Å². The van der Waals surface area contributed by atoms with Gasteiger partial charge in [-0.3, -0.25) is 20.1 Å². The molecule has 0 radical (unpaired) electrons. The molecule has 0 atom stereocenters. The van der Waals surface area contributed by atoms with Crippen molar-refractivity contribution in [3.63, 3.8) is 0 Å². The van der Waals surface area contributed by atoms with Crippen molar-refractivity contribution in [1.82, 2.24) is 45.0 Å². The van der Waals surface area contributed by atoms with Crippen LogP contribution in [0.3, 0.4) is 0 Å². The highest BCUT2D eigenvalue weighted by Gasteiger charge is 2.17. The Balaban J connectivity index is 1.45. The van der Waals surface area contributed by atoms with Gasteiger partial charge in [0, 0.05) is 48.7 Å². The maximum absolute atomic E-state index is 4.92. The Morgan fingerprint density at radius 2 is 1.71 bits per heavy atom. The van der Waals surface area contributed by atoms with Gasteiger partial charge in [-0.05, 0) is 56.1 Å². The number of nitrogens with zero attached hydrogens (tertiary/aromatic N) is 7. The van der Waals surface area contributed by atoms with Crippen LogP contribution in [0.25, 0.3) is 56.1 Å². The summed E-state index contributed by atoms with van der Waals surface area (Å²) in [4.78, 5) is 28.4. The number of hydrogen-bond acceptors (Lipinski definition) is 7. The van der Waals surface area contributed by atoms with Gasteiger partial charge in [0.25, 0.3) is 0 Å². The SMILES string of the molecule is CN(C)Cc1cncc(-c2ccc3[nH]nc(-c4nc5c(-c6cccnc6)nccc5[nH]4)c3n2)c1. The second-order valence-electron chi connectivity index (χ2n) is 8.37. The number of hydrogen-bond donors (Lipinski definition) is 2. The average molecular weight is 448 g/mol. The third kappa shape index (κ3) is 3.57. The van der Waals surface area contributed by atoms with E-state index in [0.29, 0.717) is 11.5 Å². The number of aromatic amines is 2. The molecular weight excluding hydrogens is 426 g/mol. The molecule has 6 aromatic rings. The van der Waals surface area contributed by atoms with E-state index < -0.39 is 0 Å². The molecule has 0 aliphatic heterocycles. The van der Waals surface area contributed by atoms with Gasteiger partial charge in [0.15, 0.2) is 11.5 Å². The smallest absolute Gasteiger partial charge is 0.161 e. The predicted molar refractivity (Wildman–Crippen MR) is 131 cm³/mol. The highest BCUT2D eigenvalue weighted by Crippen LogP contribution is 2.30. The van der Waals surface area contributed by atoms with E-state index in [4.69, 9.17) is 9.97 Å². The summed E-state index contributed by atoms with van der Waals surface area (Å²) < 4.78 is 0. The van der Waals surface area contributed by atoms with Crippen LogP contribution in [0.1, 0.15) is 5.56 Å². The minimum absolute atomic E-state index is 0.628. The zero-order valence-corrected chi connectivity index (χ0v) is 18.7. The van der Waals surface area contributed by atoms with Crippen molar-refractivity contribution >= 4 is 22.1 Å². The molecule has 0 spiro atoms. The Labute approximate surface area is 195 Å². The fourth-order valence-electron chi connectivity index (χ4n) is 4.07. The molecule has 9 nitrogen and oxygen atoms in total. The molecule has 0 bridgehead atoms. The Hall–Kier alpha value is -4.50. The van der Waals surface area contributed by atoms with Crippen LogP contribution >= 0.6 is 0 Å². The molecule has 0 aliphatic carbocycles. The normalized spacial score (nSPS) is 11.6. The van der Waals surface area contributed by atoms with Crippen LogP contribution < -0.4 is 0 Å². The summed E-state index contributed by atoms with van der Waals surface area (Å²) >= 11 is 0. The van der Waals surface area contributed by atoms with E-state index in [-0.39, 0.29) is 0 Å². The predicted octanol–water partition coefficient (Wildman–Crippen LogP) is 4.08. The highest BCUT2D eigenvalue weighted by molar-refractivity contribution is 5.94. The molecule has 6 aromatic heterocycles. The summed E-state index contributed by atoms with van der Waals surface area (Å²) in [6, 6.07) is 11.8. The first-order chi connectivity index (χ1) is 16.7. The number of rotatable bonds is 5. The van der Waals surface area contributed by atoms with Crippen molar-refractivity contribution < 1.29 is 0 Å². The van der Waals surface area contributed by atoms with Crippen molar-refractivity contribution in [3.05, 3.63) is 72.9 Å². The van der Waals surface area contributed by atoms with Gasteiger partial charge in [0.05, 0.1) is 22.4 Å². The maximum Gasteiger partial charge on any atom is 0.161 e. The van der Waals surface area contributed by atoms with Gasteiger partial charge in [0.2, 0.25) is 0 Å². The summed E-state index contributed by atoms with van der Waals surface area (Å²) in [5, 5.41) is 7.59. The molecule has 9 heteroatoms. The van der Waals surface area contributed by atoms with Crippen molar-refractivity contribution in [2.45, 2.75) is 6.54 Å². The Morgan fingerprint density at radius 3 is 2.56 bits per heavy atom. The van der Waals surface area contributed by atoms with Gasteiger partial charge in [-0.15, -0.1) is 0 Å². The summed E-state index contributed by atoms with van der Waals surface area (Å²) in [6.45, 7) is 0.812. The number of fused-ring (bicyclic) bond motifs is 2. The van der Waals surface area contributed by atoms with Crippen LogP contribution in [0, 0.1) is 0 Å². The Morgan fingerprint density at radius 1 is 0.824 bits per heavy atom. The van der Waals surface area contributed by atoms with Gasteiger partial charge in [-0.25, -0.2) is 9.97 Å². The third-order valence-corrected chi connectivity index (χ3v) is 5.56. The molecule has 0 fully saturated rings. The Kier molecular flexibility index (Phi) is 4.81. The van der Waals surface area contributed by atoms with E-state index in [1.807, 2.05) is 56.8 Å². The number of H-pyrrole nitrogens is 2. The van der Waals surface area contributed by atoms with Crippen LogP contribution in [0.5, 0.6) is 0 Å². The minimum Gasteiger partial charge on any atom is -0.336 e. The van der Waals surface area contributed by atoms with Gasteiger partial charge < -0.3 is 9.88 Å². The number of aromatic nitrogens is 8. The van der Waals surface area contributed by atoms with Crippen molar-refractivity contribution in [1.29, 1.82) is 0 Å². The molecular formula is C25H21N9. The summed E-state index contributed by atoms with van der Waals surface area (Å²) in [5.41, 5.74) is 8.46. The van der Waals surface area contributed by atoms with Crippen molar-refractivity contribution in [2.75, 3.05) is 14.1 Å². The summed E-state index contributed by atoms with van der Waals surface area (Å²) in [6.07, 6.45) is 9.00. The van der Waals surface area contributed by atoms with Crippen LogP contribution in [0.4, 0.5) is 0 Å². The molecule has 0 amide bonds. The van der Waals surface area contributed by atoms with Crippen LogP contribution in [-0.2, 0) is 6.54 Å². The first kappa shape index (κ1) is 20.1. The zero-order valence-electron chi connectivity index (χ0n) is 18.7. The lowest BCUT2D eigenvalue weighted by Gasteiger charge is -2.10. The van der Waals surface area contributed by atoms with E-state index in [2.05, 4.69) is 41.1 Å². The maximum atomic E-state index is 4.92. The van der Waals surface area contributed by atoms with E-state index in [1.54, 1.807) is 18.6 Å². The topological polar surface area (TPSA) is 112 Å². The van der Waals surface area contributed by atoms with E-state index in [0.717, 1.165) is 56.7 Å². The lowest BCUT2D eigenvalue weighted by atomic mass is 10.1. The van der Waals surface area contributed by atoms with Crippen LogP contribution in [0.2, 0.25) is 0 Å². The molecule has 0 aromatic carbocycles. The van der Waals surface area contributed by atoms with Crippen molar-refractivity contribution in [3.8, 4) is 34.0 Å². The Bertz CT molecular complexity index is 1620. The van der Waals surface area contributed by atoms with Crippen LogP contribution in [-0.4, -0.2) is 59.1 Å². The van der Waals surface area contributed by atoms with Gasteiger partial charge in [-0.2, -0.15) is 5.10 Å². The molecule has 34 heavy (non-hydrogen) atoms. The van der Waals surface area contributed by atoms with Crippen molar-refractivity contribution in [2.24, 2.45) is 0 Å². The van der Waals surface area contributed by atoms with Gasteiger partial charge in [0.1, 0.15) is 11.0 Å². The second-order valence-corrected chi connectivity index (χ2v) is 8.37. The lowest BCUT2D eigenvalue weighted by Crippen LogP contribution is -2.10. The number of nitrogens with one attached hydrogen (secondary N) is 2. The molecule has 166 valence electrons. The quantitative estimate of drug-likeness (QED) is 0.409. The fraction of sp³-hybridized carbons (Fsp3) is 0.120. The number of imidazole rings is 1. The standard InChI is InChI=1S/C25H21N9/c1-34(2)14-15-10-17(13-27-11-15)18-5-6-20-23(29-18)24(33-32-20)25-30-19-7-9-28-21(22(19)31-25)16-4-3-8-26-12-16/h3-13H,14H2,1-2H3,(H,30,31)(H,32,33). The fourth-order valence-corrected chi connectivity index (χ4v) is 4.07. The molecule has 0 unspecified atom stereocenters. The van der Waals surface area contributed by atoms with Gasteiger partial charge >= 0.3 is 0 Å². The zero-order chi connectivity index (χ0) is 23.1. The molecule has 0 saturated carbocycles. The molecule has 0 aliphatic rings. The molecule has 6 rings (SSSR count). The van der Waals surface area contributed by atoms with E-state index in [1.165, 1.54) is 0 Å².